The third-order valence-corrected chi connectivity index (χ3v) is 4.63. The largest absolute Gasteiger partial charge is 0.334 e. The van der Waals surface area contributed by atoms with Crippen molar-refractivity contribution in [2.24, 2.45) is 0 Å². The van der Waals surface area contributed by atoms with Crippen LogP contribution in [0.3, 0.4) is 0 Å². The molecule has 0 saturated heterocycles. The van der Waals surface area contributed by atoms with Crippen LogP contribution in [0.4, 0.5) is 8.78 Å². The van der Waals surface area contributed by atoms with E-state index in [-0.39, 0.29) is 30.1 Å². The van der Waals surface area contributed by atoms with Gasteiger partial charge in [-0.1, -0.05) is 17.7 Å². The number of rotatable bonds is 2. The van der Waals surface area contributed by atoms with Crippen LogP contribution in [-0.2, 0) is 6.54 Å². The zero-order valence-corrected chi connectivity index (χ0v) is 14.0. The quantitative estimate of drug-likeness (QED) is 0.755. The first-order valence-corrected chi connectivity index (χ1v) is 8.11. The van der Waals surface area contributed by atoms with Crippen LogP contribution < -0.4 is 0 Å². The average Bonchev–Trinajstić information content (AvgIpc) is 3.19. The minimum absolute atomic E-state index is 0.178. The summed E-state index contributed by atoms with van der Waals surface area (Å²) in [7, 11) is 0. The van der Waals surface area contributed by atoms with Gasteiger partial charge in [0, 0.05) is 6.54 Å². The van der Waals surface area contributed by atoms with Crippen molar-refractivity contribution < 1.29 is 13.6 Å². The van der Waals surface area contributed by atoms with Gasteiger partial charge in [0.2, 0.25) is 0 Å². The Bertz CT molecular complexity index is 967. The lowest BCUT2D eigenvalue weighted by molar-refractivity contribution is 0.0660. The summed E-state index contributed by atoms with van der Waals surface area (Å²) in [6.07, 6.45) is -1.25. The Morgan fingerprint density at radius 1 is 1.44 bits per heavy atom. The molecule has 6 nitrogen and oxygen atoms in total. The zero-order chi connectivity index (χ0) is 17.7. The number of nitrogens with zero attached hydrogens (tertiary/aromatic N) is 4. The summed E-state index contributed by atoms with van der Waals surface area (Å²) in [4.78, 5) is 25.4. The second kappa shape index (κ2) is 5.80. The smallest absolute Gasteiger partial charge is 0.295 e. The first-order valence-electron chi connectivity index (χ1n) is 7.73. The number of benzene rings is 1. The van der Waals surface area contributed by atoms with Crippen molar-refractivity contribution >= 4 is 28.5 Å². The predicted octanol–water partition coefficient (Wildman–Crippen LogP) is 3.57. The molecule has 130 valence electrons. The number of imidazole rings is 2. The highest BCUT2D eigenvalue weighted by molar-refractivity contribution is 6.35. The Morgan fingerprint density at radius 3 is 2.96 bits per heavy atom. The molecule has 3 heterocycles. The van der Waals surface area contributed by atoms with E-state index in [0.717, 1.165) is 0 Å². The van der Waals surface area contributed by atoms with Crippen LogP contribution in [0.25, 0.3) is 11.0 Å². The fourth-order valence-corrected chi connectivity index (χ4v) is 3.48. The molecule has 4 rings (SSSR count). The van der Waals surface area contributed by atoms with Crippen molar-refractivity contribution in [3.8, 4) is 0 Å². The molecule has 3 aromatic rings. The molecule has 0 radical (unpaired) electrons. The van der Waals surface area contributed by atoms with Gasteiger partial charge in [0.15, 0.2) is 11.6 Å². The first-order chi connectivity index (χ1) is 12.0. The number of para-hydroxylation sites is 1. The Balaban J connectivity index is 1.65. The van der Waals surface area contributed by atoms with Gasteiger partial charge in [-0.3, -0.25) is 4.79 Å². The fourth-order valence-electron chi connectivity index (χ4n) is 3.26. The maximum absolute atomic E-state index is 13.0. The maximum atomic E-state index is 13.0. The van der Waals surface area contributed by atoms with Crippen LogP contribution in [-0.4, -0.2) is 36.9 Å². The molecule has 1 atom stereocenters. The summed E-state index contributed by atoms with van der Waals surface area (Å²) in [5, 5.41) is 0.458. The Labute approximate surface area is 146 Å². The number of carbonyl (C=O) groups excluding carboxylic acids is 1. The molecule has 25 heavy (non-hydrogen) atoms. The van der Waals surface area contributed by atoms with E-state index < -0.39 is 6.43 Å². The molecule has 0 aliphatic carbocycles. The summed E-state index contributed by atoms with van der Waals surface area (Å²) >= 11 is 6.09. The molecular weight excluding hydrogens is 352 g/mol. The number of hydrogen-bond acceptors (Lipinski definition) is 3. The highest BCUT2D eigenvalue weighted by Crippen LogP contribution is 2.29. The van der Waals surface area contributed by atoms with E-state index in [1.54, 1.807) is 30.0 Å². The predicted molar refractivity (Wildman–Crippen MR) is 87.7 cm³/mol. The number of alkyl halides is 2. The number of fused-ring (bicyclic) bond motifs is 2. The minimum atomic E-state index is -2.64. The van der Waals surface area contributed by atoms with E-state index in [2.05, 4.69) is 15.0 Å². The van der Waals surface area contributed by atoms with Crippen LogP contribution in [0.2, 0.25) is 5.02 Å². The number of aromatic nitrogens is 4. The maximum Gasteiger partial charge on any atom is 0.295 e. The normalized spacial score (nSPS) is 17.3. The fraction of sp³-hybridized carbons (Fsp3) is 0.312. The van der Waals surface area contributed by atoms with Gasteiger partial charge >= 0.3 is 0 Å². The number of halogens is 3. The number of carbonyl (C=O) groups is 1. The SMILES string of the molecule is CC1CN(C(=O)c2nc3c(Cl)cccc3[nH]2)Cc2cnc(C(F)F)n21. The topological polar surface area (TPSA) is 66.8 Å². The summed E-state index contributed by atoms with van der Waals surface area (Å²) in [6.45, 7) is 2.28. The van der Waals surface area contributed by atoms with Gasteiger partial charge in [0.05, 0.1) is 35.0 Å². The van der Waals surface area contributed by atoms with E-state index >= 15 is 0 Å². The number of nitrogens with one attached hydrogen (secondary N) is 1. The Kier molecular flexibility index (Phi) is 3.72. The molecule has 0 spiro atoms. The second-order valence-corrected chi connectivity index (χ2v) is 6.44. The third-order valence-electron chi connectivity index (χ3n) is 4.33. The highest BCUT2D eigenvalue weighted by atomic mass is 35.5. The van der Waals surface area contributed by atoms with Gasteiger partial charge in [-0.05, 0) is 19.1 Å². The molecular formula is C16H14ClF2N5O. The lowest BCUT2D eigenvalue weighted by atomic mass is 10.2. The summed E-state index contributed by atoms with van der Waals surface area (Å²) in [5.41, 5.74) is 1.78. The first kappa shape index (κ1) is 16.0. The van der Waals surface area contributed by atoms with E-state index in [0.29, 0.717) is 28.3 Å². The van der Waals surface area contributed by atoms with E-state index in [4.69, 9.17) is 11.6 Å². The van der Waals surface area contributed by atoms with Crippen molar-refractivity contribution in [2.45, 2.75) is 25.9 Å². The molecule has 0 fully saturated rings. The molecule has 2 aromatic heterocycles. The summed E-state index contributed by atoms with van der Waals surface area (Å²) in [6, 6.07) is 4.96. The molecule has 1 aromatic carbocycles. The monoisotopic (exact) mass is 365 g/mol. The Morgan fingerprint density at radius 2 is 2.24 bits per heavy atom. The summed E-state index contributed by atoms with van der Waals surface area (Å²) in [5.74, 6) is -0.382. The lowest BCUT2D eigenvalue weighted by Gasteiger charge is -2.33. The number of H-pyrrole nitrogens is 1. The van der Waals surface area contributed by atoms with Crippen LogP contribution in [0.1, 0.15) is 41.5 Å². The van der Waals surface area contributed by atoms with E-state index in [1.165, 1.54) is 10.8 Å². The Hall–Kier alpha value is -2.48. The van der Waals surface area contributed by atoms with Crippen molar-refractivity contribution in [1.82, 2.24) is 24.4 Å². The molecule has 1 N–H and O–H groups in total. The van der Waals surface area contributed by atoms with Crippen molar-refractivity contribution in [3.63, 3.8) is 0 Å². The molecule has 9 heteroatoms. The van der Waals surface area contributed by atoms with Crippen molar-refractivity contribution in [1.29, 1.82) is 0 Å². The van der Waals surface area contributed by atoms with E-state index in [1.807, 2.05) is 0 Å². The number of hydrogen-bond donors (Lipinski definition) is 1. The van der Waals surface area contributed by atoms with Crippen molar-refractivity contribution in [2.75, 3.05) is 6.54 Å². The molecule has 0 saturated carbocycles. The zero-order valence-electron chi connectivity index (χ0n) is 13.2. The third kappa shape index (κ3) is 2.57. The van der Waals surface area contributed by atoms with Gasteiger partial charge in [-0.25, -0.2) is 18.7 Å². The molecule has 1 aliphatic rings. The van der Waals surface area contributed by atoms with E-state index in [9.17, 15) is 13.6 Å². The molecule has 1 unspecified atom stereocenters. The highest BCUT2D eigenvalue weighted by Gasteiger charge is 2.31. The van der Waals surface area contributed by atoms with Gasteiger partial charge in [0.25, 0.3) is 12.3 Å². The molecule has 0 bridgehead atoms. The number of amides is 1. The van der Waals surface area contributed by atoms with Crippen LogP contribution in [0, 0.1) is 0 Å². The second-order valence-electron chi connectivity index (χ2n) is 6.03. The standard InChI is InChI=1S/C16H14ClF2N5O/c1-8-6-23(7-9-5-20-15(13(18)19)24(8)9)16(25)14-21-11-4-2-3-10(17)12(11)22-14/h2-5,8,13H,6-7H2,1H3,(H,21,22). The van der Waals surface area contributed by atoms with Gasteiger partial charge in [-0.2, -0.15) is 0 Å². The minimum Gasteiger partial charge on any atom is -0.334 e. The average molecular weight is 366 g/mol. The van der Waals surface area contributed by atoms with Crippen LogP contribution in [0.15, 0.2) is 24.4 Å². The number of aromatic amines is 1. The van der Waals surface area contributed by atoms with Gasteiger partial charge in [0.1, 0.15) is 5.52 Å². The molecule has 1 amide bonds. The van der Waals surface area contributed by atoms with Gasteiger partial charge < -0.3 is 14.5 Å². The summed E-state index contributed by atoms with van der Waals surface area (Å²) < 4.78 is 27.6. The lowest BCUT2D eigenvalue weighted by Crippen LogP contribution is -2.40. The van der Waals surface area contributed by atoms with Crippen LogP contribution in [0.5, 0.6) is 0 Å². The van der Waals surface area contributed by atoms with Gasteiger partial charge in [-0.15, -0.1) is 0 Å². The van der Waals surface area contributed by atoms with Crippen molar-refractivity contribution in [3.05, 3.63) is 46.8 Å². The van der Waals surface area contributed by atoms with Crippen LogP contribution >= 0.6 is 11.6 Å². The molecule has 1 aliphatic heterocycles.